The summed E-state index contributed by atoms with van der Waals surface area (Å²) in [6, 6.07) is 20.6. The topological polar surface area (TPSA) is 71.3 Å². The number of carbonyl (C=O) groups excluding carboxylic acids is 2. The number of nitrogens with one attached hydrogen (secondary N) is 2. The number of amides is 2. The number of rotatable bonds is 6. The summed E-state index contributed by atoms with van der Waals surface area (Å²) in [6.07, 6.45) is 0. The molecule has 0 saturated heterocycles. The lowest BCUT2D eigenvalue weighted by molar-refractivity contribution is -0.123. The fourth-order valence-electron chi connectivity index (χ4n) is 2.80. The SMILES string of the molecule is Cc1ccc(C(C)NC(=O)C(NC(=O)c2ccccc2)c2ccccc2)o1. The predicted molar refractivity (Wildman–Crippen MR) is 103 cm³/mol. The van der Waals surface area contributed by atoms with E-state index in [1.807, 2.05) is 62.4 Å². The number of hydrogen-bond acceptors (Lipinski definition) is 3. The first-order chi connectivity index (χ1) is 13.0. The monoisotopic (exact) mass is 362 g/mol. The Kier molecular flexibility index (Phi) is 5.71. The van der Waals surface area contributed by atoms with Crippen molar-refractivity contribution < 1.29 is 14.0 Å². The molecule has 2 amide bonds. The van der Waals surface area contributed by atoms with Gasteiger partial charge in [-0.3, -0.25) is 9.59 Å². The lowest BCUT2D eigenvalue weighted by Crippen LogP contribution is -2.41. The van der Waals surface area contributed by atoms with E-state index in [0.29, 0.717) is 16.9 Å². The van der Waals surface area contributed by atoms with Gasteiger partial charge in [0.2, 0.25) is 5.91 Å². The van der Waals surface area contributed by atoms with Crippen LogP contribution < -0.4 is 10.6 Å². The minimum absolute atomic E-state index is 0.299. The quantitative estimate of drug-likeness (QED) is 0.698. The summed E-state index contributed by atoms with van der Waals surface area (Å²) >= 11 is 0. The number of carbonyl (C=O) groups is 2. The van der Waals surface area contributed by atoms with Crippen LogP contribution in [0.25, 0.3) is 0 Å². The summed E-state index contributed by atoms with van der Waals surface area (Å²) in [7, 11) is 0. The molecular formula is C22H22N2O3. The molecule has 2 unspecified atom stereocenters. The zero-order valence-electron chi connectivity index (χ0n) is 15.3. The van der Waals surface area contributed by atoms with Crippen molar-refractivity contribution in [2.45, 2.75) is 25.9 Å². The molecule has 138 valence electrons. The molecule has 27 heavy (non-hydrogen) atoms. The van der Waals surface area contributed by atoms with Gasteiger partial charge in [0.25, 0.3) is 5.91 Å². The van der Waals surface area contributed by atoms with Crippen molar-refractivity contribution in [3.05, 3.63) is 95.4 Å². The normalized spacial score (nSPS) is 12.8. The van der Waals surface area contributed by atoms with E-state index in [2.05, 4.69) is 10.6 Å². The van der Waals surface area contributed by atoms with Crippen LogP contribution in [0.3, 0.4) is 0 Å². The lowest BCUT2D eigenvalue weighted by Gasteiger charge is -2.21. The third kappa shape index (κ3) is 4.64. The third-order valence-electron chi connectivity index (χ3n) is 4.25. The van der Waals surface area contributed by atoms with E-state index in [0.717, 1.165) is 5.76 Å². The predicted octanol–water partition coefficient (Wildman–Crippen LogP) is 3.94. The highest BCUT2D eigenvalue weighted by Gasteiger charge is 2.25. The molecule has 0 fully saturated rings. The summed E-state index contributed by atoms with van der Waals surface area (Å²) in [5, 5.41) is 5.75. The average Bonchev–Trinajstić information content (AvgIpc) is 3.13. The van der Waals surface area contributed by atoms with E-state index in [1.165, 1.54) is 0 Å². The molecule has 2 N–H and O–H groups in total. The first-order valence-electron chi connectivity index (χ1n) is 8.82. The smallest absolute Gasteiger partial charge is 0.252 e. The van der Waals surface area contributed by atoms with Crippen molar-refractivity contribution in [1.29, 1.82) is 0 Å². The van der Waals surface area contributed by atoms with Gasteiger partial charge >= 0.3 is 0 Å². The molecule has 3 aromatic rings. The summed E-state index contributed by atoms with van der Waals surface area (Å²) in [5.41, 5.74) is 1.21. The fraction of sp³-hybridized carbons (Fsp3) is 0.182. The molecule has 0 aliphatic heterocycles. The summed E-state index contributed by atoms with van der Waals surface area (Å²) < 4.78 is 5.58. The Morgan fingerprint density at radius 3 is 2.07 bits per heavy atom. The van der Waals surface area contributed by atoms with Crippen LogP contribution in [0.4, 0.5) is 0 Å². The molecule has 0 aliphatic carbocycles. The maximum Gasteiger partial charge on any atom is 0.252 e. The zero-order chi connectivity index (χ0) is 19.2. The van der Waals surface area contributed by atoms with E-state index in [-0.39, 0.29) is 17.9 Å². The summed E-state index contributed by atoms with van der Waals surface area (Å²) in [4.78, 5) is 25.5. The van der Waals surface area contributed by atoms with Gasteiger partial charge in [0.1, 0.15) is 17.6 Å². The second kappa shape index (κ2) is 8.36. The van der Waals surface area contributed by atoms with Gasteiger partial charge < -0.3 is 15.1 Å². The minimum Gasteiger partial charge on any atom is -0.464 e. The molecule has 5 heteroatoms. The Hall–Kier alpha value is -3.34. The van der Waals surface area contributed by atoms with E-state index < -0.39 is 6.04 Å². The van der Waals surface area contributed by atoms with Gasteiger partial charge in [-0.1, -0.05) is 48.5 Å². The molecule has 0 radical (unpaired) electrons. The van der Waals surface area contributed by atoms with Crippen LogP contribution in [-0.4, -0.2) is 11.8 Å². The van der Waals surface area contributed by atoms with Gasteiger partial charge in [0, 0.05) is 5.56 Å². The van der Waals surface area contributed by atoms with Crippen LogP contribution >= 0.6 is 0 Å². The average molecular weight is 362 g/mol. The Balaban J connectivity index is 1.79. The maximum atomic E-state index is 12.9. The molecule has 0 bridgehead atoms. The lowest BCUT2D eigenvalue weighted by atomic mass is 10.0. The van der Waals surface area contributed by atoms with Crippen molar-refractivity contribution in [2.24, 2.45) is 0 Å². The van der Waals surface area contributed by atoms with Crippen molar-refractivity contribution in [3.63, 3.8) is 0 Å². The van der Waals surface area contributed by atoms with Crippen LogP contribution in [0.1, 0.15) is 46.4 Å². The molecule has 5 nitrogen and oxygen atoms in total. The largest absolute Gasteiger partial charge is 0.464 e. The van der Waals surface area contributed by atoms with E-state index >= 15 is 0 Å². The number of aryl methyl sites for hydroxylation is 1. The van der Waals surface area contributed by atoms with Crippen LogP contribution in [0.5, 0.6) is 0 Å². The summed E-state index contributed by atoms with van der Waals surface area (Å²) in [5.74, 6) is 0.846. The number of furan rings is 1. The Morgan fingerprint density at radius 1 is 0.852 bits per heavy atom. The molecule has 0 spiro atoms. The second-order valence-electron chi connectivity index (χ2n) is 6.36. The highest BCUT2D eigenvalue weighted by molar-refractivity contribution is 5.97. The maximum absolute atomic E-state index is 12.9. The van der Waals surface area contributed by atoms with E-state index in [4.69, 9.17) is 4.42 Å². The van der Waals surface area contributed by atoms with Gasteiger partial charge in [0.15, 0.2) is 0 Å². The van der Waals surface area contributed by atoms with E-state index in [9.17, 15) is 9.59 Å². The molecule has 2 atom stereocenters. The molecule has 0 saturated carbocycles. The Labute approximate surface area is 158 Å². The van der Waals surface area contributed by atoms with Crippen molar-refractivity contribution in [3.8, 4) is 0 Å². The molecule has 0 aliphatic rings. The Bertz CT molecular complexity index is 904. The van der Waals surface area contributed by atoms with Gasteiger partial charge in [-0.15, -0.1) is 0 Å². The summed E-state index contributed by atoms with van der Waals surface area (Å²) in [6.45, 7) is 3.70. The van der Waals surface area contributed by atoms with Gasteiger partial charge in [-0.2, -0.15) is 0 Å². The Morgan fingerprint density at radius 2 is 1.48 bits per heavy atom. The minimum atomic E-state index is -0.808. The van der Waals surface area contributed by atoms with Crippen LogP contribution in [0, 0.1) is 6.92 Å². The van der Waals surface area contributed by atoms with Crippen LogP contribution in [0.15, 0.2) is 77.2 Å². The second-order valence-corrected chi connectivity index (χ2v) is 6.36. The van der Waals surface area contributed by atoms with Crippen LogP contribution in [0.2, 0.25) is 0 Å². The van der Waals surface area contributed by atoms with Gasteiger partial charge in [-0.05, 0) is 43.7 Å². The molecular weight excluding hydrogens is 340 g/mol. The van der Waals surface area contributed by atoms with Crippen molar-refractivity contribution in [2.75, 3.05) is 0 Å². The fourth-order valence-corrected chi connectivity index (χ4v) is 2.80. The number of benzene rings is 2. The standard InChI is InChI=1S/C22H22N2O3/c1-15-13-14-19(27-15)16(2)23-22(26)20(17-9-5-3-6-10-17)24-21(25)18-11-7-4-8-12-18/h3-14,16,20H,1-2H3,(H,23,26)(H,24,25). The molecule has 1 aromatic heterocycles. The van der Waals surface area contributed by atoms with Crippen molar-refractivity contribution in [1.82, 2.24) is 10.6 Å². The first-order valence-corrected chi connectivity index (χ1v) is 8.82. The van der Waals surface area contributed by atoms with Crippen molar-refractivity contribution >= 4 is 11.8 Å². The van der Waals surface area contributed by atoms with Crippen LogP contribution in [-0.2, 0) is 4.79 Å². The molecule has 2 aromatic carbocycles. The van der Waals surface area contributed by atoms with Gasteiger partial charge in [-0.25, -0.2) is 0 Å². The van der Waals surface area contributed by atoms with Gasteiger partial charge in [0.05, 0.1) is 6.04 Å². The highest BCUT2D eigenvalue weighted by Crippen LogP contribution is 2.19. The highest BCUT2D eigenvalue weighted by atomic mass is 16.3. The first kappa shape index (κ1) is 18.5. The third-order valence-corrected chi connectivity index (χ3v) is 4.25. The zero-order valence-corrected chi connectivity index (χ0v) is 15.3. The number of hydrogen-bond donors (Lipinski definition) is 2. The van der Waals surface area contributed by atoms with E-state index in [1.54, 1.807) is 24.3 Å². The molecule has 1 heterocycles. The molecule has 3 rings (SSSR count).